The predicted octanol–water partition coefficient (Wildman–Crippen LogP) is 0.409. The number of nitrogens with zero attached hydrogens (tertiary/aromatic N) is 1. The van der Waals surface area contributed by atoms with E-state index in [9.17, 15) is 13.5 Å². The van der Waals surface area contributed by atoms with E-state index in [-0.39, 0.29) is 12.0 Å². The van der Waals surface area contributed by atoms with Crippen LogP contribution in [0.25, 0.3) is 0 Å². The lowest BCUT2D eigenvalue weighted by Crippen LogP contribution is -2.43. The Labute approximate surface area is 116 Å². The molecule has 0 aromatic rings. The Morgan fingerprint density at radius 3 is 2.32 bits per heavy atom. The number of hydrogen-bond acceptors (Lipinski definition) is 4. The van der Waals surface area contributed by atoms with Crippen LogP contribution in [0.1, 0.15) is 32.6 Å². The summed E-state index contributed by atoms with van der Waals surface area (Å²) in [7, 11) is -3.11. The molecule has 6 heteroatoms. The van der Waals surface area contributed by atoms with E-state index in [0.717, 1.165) is 38.8 Å². The average molecular weight is 290 g/mol. The second-order valence-corrected chi connectivity index (χ2v) is 7.96. The fourth-order valence-corrected chi connectivity index (χ4v) is 5.00. The number of aliphatic hydroxyl groups is 1. The third-order valence-electron chi connectivity index (χ3n) is 4.48. The molecule has 2 fully saturated rings. The highest BCUT2D eigenvalue weighted by Gasteiger charge is 2.31. The summed E-state index contributed by atoms with van der Waals surface area (Å²) in [5, 5.41) is 12.8. The quantitative estimate of drug-likeness (QED) is 0.787. The van der Waals surface area contributed by atoms with Crippen molar-refractivity contribution in [3.05, 3.63) is 0 Å². The first-order valence-electron chi connectivity index (χ1n) is 7.35. The highest BCUT2D eigenvalue weighted by molar-refractivity contribution is 7.89. The molecular formula is C13H26N2O3S. The Balaban J connectivity index is 1.86. The molecule has 2 aliphatic rings. The van der Waals surface area contributed by atoms with Crippen LogP contribution in [0.15, 0.2) is 0 Å². The number of aliphatic hydroxyl groups excluding tert-OH is 1. The smallest absolute Gasteiger partial charge is 0.214 e. The number of sulfonamides is 1. The van der Waals surface area contributed by atoms with Crippen LogP contribution >= 0.6 is 0 Å². The van der Waals surface area contributed by atoms with E-state index in [1.807, 2.05) is 0 Å². The van der Waals surface area contributed by atoms with Gasteiger partial charge in [0.2, 0.25) is 10.0 Å². The molecule has 2 aliphatic heterocycles. The summed E-state index contributed by atoms with van der Waals surface area (Å²) in [5.74, 6) is 0.861. The molecule has 0 aromatic heterocycles. The Morgan fingerprint density at radius 1 is 1.21 bits per heavy atom. The van der Waals surface area contributed by atoms with Crippen molar-refractivity contribution in [2.75, 3.05) is 31.9 Å². The normalized spacial score (nSPS) is 26.4. The van der Waals surface area contributed by atoms with Crippen LogP contribution in [-0.4, -0.2) is 55.9 Å². The monoisotopic (exact) mass is 290 g/mol. The first-order valence-corrected chi connectivity index (χ1v) is 8.96. The van der Waals surface area contributed by atoms with Gasteiger partial charge in [-0.1, -0.05) is 0 Å². The van der Waals surface area contributed by atoms with Gasteiger partial charge in [0, 0.05) is 13.1 Å². The lowest BCUT2D eigenvalue weighted by atomic mass is 9.93. The maximum Gasteiger partial charge on any atom is 0.214 e. The third-order valence-corrected chi connectivity index (χ3v) is 6.52. The second kappa shape index (κ2) is 6.52. The minimum absolute atomic E-state index is 0.255. The maximum absolute atomic E-state index is 12.4. The van der Waals surface area contributed by atoms with Crippen LogP contribution in [0, 0.1) is 11.8 Å². The van der Waals surface area contributed by atoms with Crippen LogP contribution in [-0.2, 0) is 10.0 Å². The molecule has 2 N–H and O–H groups in total. The van der Waals surface area contributed by atoms with E-state index in [1.165, 1.54) is 0 Å². The third kappa shape index (κ3) is 4.15. The van der Waals surface area contributed by atoms with Crippen LogP contribution in [0.2, 0.25) is 0 Å². The summed E-state index contributed by atoms with van der Waals surface area (Å²) < 4.78 is 26.4. The van der Waals surface area contributed by atoms with Crippen molar-refractivity contribution < 1.29 is 13.5 Å². The van der Waals surface area contributed by atoms with E-state index < -0.39 is 10.0 Å². The van der Waals surface area contributed by atoms with Gasteiger partial charge in [0.25, 0.3) is 0 Å². The lowest BCUT2D eigenvalue weighted by Gasteiger charge is -2.33. The molecule has 2 heterocycles. The highest BCUT2D eigenvalue weighted by Crippen LogP contribution is 2.24. The zero-order valence-corrected chi connectivity index (χ0v) is 12.5. The van der Waals surface area contributed by atoms with Crippen molar-refractivity contribution in [3.8, 4) is 0 Å². The van der Waals surface area contributed by atoms with Gasteiger partial charge < -0.3 is 10.4 Å². The minimum Gasteiger partial charge on any atom is -0.393 e. The molecule has 0 saturated carbocycles. The van der Waals surface area contributed by atoms with E-state index in [2.05, 4.69) is 5.32 Å². The van der Waals surface area contributed by atoms with E-state index in [0.29, 0.717) is 24.8 Å². The van der Waals surface area contributed by atoms with Gasteiger partial charge in [0.05, 0.1) is 11.9 Å². The summed E-state index contributed by atoms with van der Waals surface area (Å²) in [6, 6.07) is 0. The van der Waals surface area contributed by atoms with Gasteiger partial charge in [-0.15, -0.1) is 0 Å². The predicted molar refractivity (Wildman–Crippen MR) is 75.4 cm³/mol. The molecule has 0 bridgehead atoms. The van der Waals surface area contributed by atoms with Gasteiger partial charge in [-0.3, -0.25) is 0 Å². The Bertz CT molecular complexity index is 369. The minimum atomic E-state index is -3.11. The average Bonchev–Trinajstić information content (AvgIpc) is 2.39. The first kappa shape index (κ1) is 15.2. The van der Waals surface area contributed by atoms with Gasteiger partial charge in [-0.25, -0.2) is 12.7 Å². The molecule has 0 aliphatic carbocycles. The number of piperidine rings is 2. The van der Waals surface area contributed by atoms with Crippen LogP contribution in [0.5, 0.6) is 0 Å². The van der Waals surface area contributed by atoms with Crippen molar-refractivity contribution in [2.24, 2.45) is 11.8 Å². The molecule has 1 atom stereocenters. The summed E-state index contributed by atoms with van der Waals surface area (Å²) in [6.07, 6.45) is 3.16. The molecule has 0 spiro atoms. The molecular weight excluding hydrogens is 264 g/mol. The van der Waals surface area contributed by atoms with Gasteiger partial charge in [-0.05, 0) is 57.5 Å². The van der Waals surface area contributed by atoms with Crippen LogP contribution in [0.4, 0.5) is 0 Å². The zero-order valence-electron chi connectivity index (χ0n) is 11.7. The van der Waals surface area contributed by atoms with E-state index in [1.54, 1.807) is 11.2 Å². The molecule has 0 aromatic carbocycles. The molecule has 0 radical (unpaired) electrons. The van der Waals surface area contributed by atoms with Crippen molar-refractivity contribution in [1.29, 1.82) is 0 Å². The molecule has 2 rings (SSSR count). The molecule has 5 nitrogen and oxygen atoms in total. The van der Waals surface area contributed by atoms with Crippen LogP contribution in [0.3, 0.4) is 0 Å². The first-order chi connectivity index (χ1) is 8.99. The largest absolute Gasteiger partial charge is 0.393 e. The van der Waals surface area contributed by atoms with E-state index in [4.69, 9.17) is 0 Å². The Morgan fingerprint density at radius 2 is 1.79 bits per heavy atom. The fourth-order valence-electron chi connectivity index (χ4n) is 3.09. The van der Waals surface area contributed by atoms with Crippen molar-refractivity contribution in [2.45, 2.75) is 38.7 Å². The molecule has 1 unspecified atom stereocenters. The maximum atomic E-state index is 12.4. The number of nitrogens with one attached hydrogen (secondary N) is 1. The van der Waals surface area contributed by atoms with Gasteiger partial charge in [0.15, 0.2) is 0 Å². The van der Waals surface area contributed by atoms with Gasteiger partial charge in [-0.2, -0.15) is 0 Å². The van der Waals surface area contributed by atoms with E-state index >= 15 is 0 Å². The fraction of sp³-hybridized carbons (Fsp3) is 1.00. The molecule has 19 heavy (non-hydrogen) atoms. The SMILES string of the molecule is CC(O)C1CCN(S(=O)(=O)CC2CCNCC2)CC1. The zero-order chi connectivity index (χ0) is 13.9. The molecule has 2 saturated heterocycles. The molecule has 0 amide bonds. The summed E-state index contributed by atoms with van der Waals surface area (Å²) in [5.41, 5.74) is 0. The Hall–Kier alpha value is -0.170. The lowest BCUT2D eigenvalue weighted by molar-refractivity contribution is 0.0911. The summed E-state index contributed by atoms with van der Waals surface area (Å²) >= 11 is 0. The summed E-state index contributed by atoms with van der Waals surface area (Å²) in [6.45, 7) is 4.81. The van der Waals surface area contributed by atoms with Gasteiger partial charge >= 0.3 is 0 Å². The topological polar surface area (TPSA) is 69.6 Å². The number of rotatable bonds is 4. The summed E-state index contributed by atoms with van der Waals surface area (Å²) in [4.78, 5) is 0. The Kier molecular flexibility index (Phi) is 5.22. The van der Waals surface area contributed by atoms with Crippen molar-refractivity contribution >= 4 is 10.0 Å². The number of hydrogen-bond donors (Lipinski definition) is 2. The molecule has 112 valence electrons. The second-order valence-electron chi connectivity index (χ2n) is 5.95. The van der Waals surface area contributed by atoms with Crippen molar-refractivity contribution in [3.63, 3.8) is 0 Å². The highest BCUT2D eigenvalue weighted by atomic mass is 32.2. The standard InChI is InChI=1S/C13H26N2O3S/c1-11(16)13-4-8-15(9-5-13)19(17,18)10-12-2-6-14-7-3-12/h11-14,16H,2-10H2,1H3. The van der Waals surface area contributed by atoms with Gasteiger partial charge in [0.1, 0.15) is 0 Å². The van der Waals surface area contributed by atoms with Crippen molar-refractivity contribution in [1.82, 2.24) is 9.62 Å². The van der Waals surface area contributed by atoms with Crippen LogP contribution < -0.4 is 5.32 Å².